The zero-order valence-corrected chi connectivity index (χ0v) is 10.9. The SMILES string of the molecule is Cc1cc(C(O)c2ccc3cccnc3c2)c(C)o1. The smallest absolute Gasteiger partial charge is 0.107 e. The number of nitrogens with zero attached hydrogens (tertiary/aromatic N) is 1. The number of aryl methyl sites for hydroxylation is 2. The average Bonchev–Trinajstić information content (AvgIpc) is 2.76. The molecule has 1 aromatic carbocycles. The van der Waals surface area contributed by atoms with E-state index in [2.05, 4.69) is 4.98 Å². The Morgan fingerprint density at radius 2 is 2.00 bits per heavy atom. The molecule has 0 saturated heterocycles. The van der Waals surface area contributed by atoms with E-state index in [-0.39, 0.29) is 0 Å². The molecule has 96 valence electrons. The Morgan fingerprint density at radius 1 is 1.16 bits per heavy atom. The first-order valence-electron chi connectivity index (χ1n) is 6.25. The van der Waals surface area contributed by atoms with Gasteiger partial charge in [0.05, 0.1) is 5.52 Å². The molecule has 0 bridgehead atoms. The third-order valence-corrected chi connectivity index (χ3v) is 3.32. The third-order valence-electron chi connectivity index (χ3n) is 3.32. The lowest BCUT2D eigenvalue weighted by Crippen LogP contribution is -2.00. The van der Waals surface area contributed by atoms with Crippen LogP contribution >= 0.6 is 0 Å². The van der Waals surface area contributed by atoms with E-state index in [9.17, 15) is 5.11 Å². The van der Waals surface area contributed by atoms with Crippen molar-refractivity contribution in [1.29, 1.82) is 0 Å². The van der Waals surface area contributed by atoms with Crippen LogP contribution in [-0.2, 0) is 0 Å². The van der Waals surface area contributed by atoms with Crippen molar-refractivity contribution in [1.82, 2.24) is 4.98 Å². The van der Waals surface area contributed by atoms with Crippen molar-refractivity contribution in [2.75, 3.05) is 0 Å². The molecule has 0 radical (unpaired) electrons. The Balaban J connectivity index is 2.06. The normalized spacial score (nSPS) is 12.8. The fourth-order valence-electron chi connectivity index (χ4n) is 2.36. The maximum absolute atomic E-state index is 10.5. The summed E-state index contributed by atoms with van der Waals surface area (Å²) in [5.74, 6) is 1.57. The Hall–Kier alpha value is -2.13. The summed E-state index contributed by atoms with van der Waals surface area (Å²) in [6.07, 6.45) is 1.08. The molecule has 19 heavy (non-hydrogen) atoms. The predicted molar refractivity (Wildman–Crippen MR) is 74.0 cm³/mol. The van der Waals surface area contributed by atoms with E-state index in [1.807, 2.05) is 50.2 Å². The van der Waals surface area contributed by atoms with Crippen molar-refractivity contribution >= 4 is 10.9 Å². The molecule has 0 aliphatic rings. The van der Waals surface area contributed by atoms with Gasteiger partial charge >= 0.3 is 0 Å². The van der Waals surface area contributed by atoms with Gasteiger partial charge in [-0.25, -0.2) is 0 Å². The van der Waals surface area contributed by atoms with E-state index in [0.29, 0.717) is 0 Å². The van der Waals surface area contributed by atoms with Crippen LogP contribution in [0.1, 0.15) is 28.8 Å². The minimum Gasteiger partial charge on any atom is -0.466 e. The summed E-state index contributed by atoms with van der Waals surface area (Å²) in [5.41, 5.74) is 2.53. The number of hydrogen-bond donors (Lipinski definition) is 1. The number of benzene rings is 1. The zero-order valence-electron chi connectivity index (χ0n) is 10.9. The summed E-state index contributed by atoms with van der Waals surface area (Å²) in [6.45, 7) is 3.75. The number of aromatic nitrogens is 1. The molecule has 2 aromatic heterocycles. The number of aliphatic hydroxyl groups is 1. The molecular weight excluding hydrogens is 238 g/mol. The van der Waals surface area contributed by atoms with E-state index >= 15 is 0 Å². The number of pyridine rings is 1. The van der Waals surface area contributed by atoms with Gasteiger partial charge in [0.1, 0.15) is 17.6 Å². The summed E-state index contributed by atoms with van der Waals surface area (Å²) in [7, 11) is 0. The number of aliphatic hydroxyl groups excluding tert-OH is 1. The minimum atomic E-state index is -0.677. The summed E-state index contributed by atoms with van der Waals surface area (Å²) in [6, 6.07) is 11.6. The molecular formula is C16H15NO2. The minimum absolute atomic E-state index is 0.677. The second-order valence-corrected chi connectivity index (χ2v) is 4.73. The Bertz CT molecular complexity index is 730. The average molecular weight is 253 g/mol. The van der Waals surface area contributed by atoms with Crippen LogP contribution in [-0.4, -0.2) is 10.1 Å². The van der Waals surface area contributed by atoms with Gasteiger partial charge in [0.25, 0.3) is 0 Å². The van der Waals surface area contributed by atoms with Crippen LogP contribution in [0.3, 0.4) is 0 Å². The maximum atomic E-state index is 10.5. The summed E-state index contributed by atoms with van der Waals surface area (Å²) in [5, 5.41) is 11.5. The first-order valence-corrected chi connectivity index (χ1v) is 6.25. The lowest BCUT2D eigenvalue weighted by Gasteiger charge is -2.10. The fraction of sp³-hybridized carbons (Fsp3) is 0.188. The van der Waals surface area contributed by atoms with Crippen molar-refractivity contribution < 1.29 is 9.52 Å². The molecule has 0 fully saturated rings. The van der Waals surface area contributed by atoms with E-state index < -0.39 is 6.10 Å². The van der Waals surface area contributed by atoms with Gasteiger partial charge in [0.2, 0.25) is 0 Å². The van der Waals surface area contributed by atoms with Gasteiger partial charge in [-0.3, -0.25) is 4.98 Å². The fourth-order valence-corrected chi connectivity index (χ4v) is 2.36. The van der Waals surface area contributed by atoms with Crippen molar-refractivity contribution in [2.24, 2.45) is 0 Å². The monoisotopic (exact) mass is 253 g/mol. The molecule has 0 amide bonds. The lowest BCUT2D eigenvalue weighted by molar-refractivity contribution is 0.218. The van der Waals surface area contributed by atoms with Gasteiger partial charge in [-0.05, 0) is 37.6 Å². The van der Waals surface area contributed by atoms with Crippen LogP contribution in [0, 0.1) is 13.8 Å². The second-order valence-electron chi connectivity index (χ2n) is 4.73. The molecule has 0 spiro atoms. The number of furan rings is 1. The number of hydrogen-bond acceptors (Lipinski definition) is 3. The van der Waals surface area contributed by atoms with Gasteiger partial charge < -0.3 is 9.52 Å². The van der Waals surface area contributed by atoms with Crippen LogP contribution < -0.4 is 0 Å². The van der Waals surface area contributed by atoms with Gasteiger partial charge in [0, 0.05) is 17.1 Å². The van der Waals surface area contributed by atoms with Crippen molar-refractivity contribution in [3.05, 3.63) is 65.2 Å². The zero-order chi connectivity index (χ0) is 13.4. The van der Waals surface area contributed by atoms with E-state index in [1.165, 1.54) is 0 Å². The van der Waals surface area contributed by atoms with E-state index in [4.69, 9.17) is 4.42 Å². The number of rotatable bonds is 2. The summed E-state index contributed by atoms with van der Waals surface area (Å²) < 4.78 is 5.47. The van der Waals surface area contributed by atoms with E-state index in [0.717, 1.165) is 33.6 Å². The van der Waals surface area contributed by atoms with Crippen molar-refractivity contribution in [3.63, 3.8) is 0 Å². The standard InChI is InChI=1S/C16H15NO2/c1-10-8-14(11(2)19-10)16(18)13-6-5-12-4-3-7-17-15(12)9-13/h3-9,16,18H,1-2H3. The predicted octanol–water partition coefficient (Wildman–Crippen LogP) is 3.53. The van der Waals surface area contributed by atoms with Gasteiger partial charge in [-0.15, -0.1) is 0 Å². The van der Waals surface area contributed by atoms with Crippen molar-refractivity contribution in [3.8, 4) is 0 Å². The Labute approximate surface area is 111 Å². The van der Waals surface area contributed by atoms with Crippen LogP contribution in [0.5, 0.6) is 0 Å². The molecule has 3 aromatic rings. The molecule has 0 saturated carbocycles. The molecule has 3 rings (SSSR count). The molecule has 1 N–H and O–H groups in total. The van der Waals surface area contributed by atoms with Gasteiger partial charge in [-0.2, -0.15) is 0 Å². The first-order chi connectivity index (χ1) is 9.15. The molecule has 1 atom stereocenters. The van der Waals surface area contributed by atoms with Crippen LogP contribution in [0.25, 0.3) is 10.9 Å². The van der Waals surface area contributed by atoms with Crippen molar-refractivity contribution in [2.45, 2.75) is 20.0 Å². The maximum Gasteiger partial charge on any atom is 0.107 e. The number of fused-ring (bicyclic) bond motifs is 1. The van der Waals surface area contributed by atoms with Gasteiger partial charge in [0.15, 0.2) is 0 Å². The molecule has 1 unspecified atom stereocenters. The highest BCUT2D eigenvalue weighted by Crippen LogP contribution is 2.28. The van der Waals surface area contributed by atoms with Crippen LogP contribution in [0.2, 0.25) is 0 Å². The second kappa shape index (κ2) is 4.52. The first kappa shape index (κ1) is 11.9. The highest BCUT2D eigenvalue weighted by Gasteiger charge is 2.16. The quantitative estimate of drug-likeness (QED) is 0.760. The summed E-state index contributed by atoms with van der Waals surface area (Å²) >= 11 is 0. The third kappa shape index (κ3) is 2.13. The molecule has 0 aliphatic carbocycles. The molecule has 2 heterocycles. The molecule has 0 aliphatic heterocycles. The molecule has 3 nitrogen and oxygen atoms in total. The van der Waals surface area contributed by atoms with Crippen LogP contribution in [0.15, 0.2) is 47.0 Å². The molecule has 3 heteroatoms. The van der Waals surface area contributed by atoms with Crippen LogP contribution in [0.4, 0.5) is 0 Å². The highest BCUT2D eigenvalue weighted by atomic mass is 16.3. The van der Waals surface area contributed by atoms with E-state index in [1.54, 1.807) is 6.20 Å². The summed E-state index contributed by atoms with van der Waals surface area (Å²) in [4.78, 5) is 4.31. The highest BCUT2D eigenvalue weighted by molar-refractivity contribution is 5.79. The Morgan fingerprint density at radius 3 is 2.74 bits per heavy atom. The largest absolute Gasteiger partial charge is 0.466 e. The Kier molecular flexibility index (Phi) is 2.84. The van der Waals surface area contributed by atoms with Gasteiger partial charge in [-0.1, -0.05) is 18.2 Å². The lowest BCUT2D eigenvalue weighted by atomic mass is 10.0. The topological polar surface area (TPSA) is 46.3 Å².